The molecule has 2 N–H and O–H groups in total. The number of thioether (sulfide) groups is 1. The fraction of sp³-hybridized carbons (Fsp3) is 0.250. The van der Waals surface area contributed by atoms with E-state index < -0.39 is 11.3 Å². The van der Waals surface area contributed by atoms with Crippen molar-refractivity contribution in [1.29, 1.82) is 0 Å². The first-order valence-corrected chi connectivity index (χ1v) is 7.71. The van der Waals surface area contributed by atoms with Gasteiger partial charge in [0.1, 0.15) is 0 Å². The first-order chi connectivity index (χ1) is 9.54. The molecule has 6 nitrogen and oxygen atoms in total. The normalized spacial score (nSPS) is 18.4. The summed E-state index contributed by atoms with van der Waals surface area (Å²) in [5.41, 5.74) is 0.381. The van der Waals surface area contributed by atoms with Crippen LogP contribution in [0.15, 0.2) is 24.3 Å². The molecule has 1 atom stereocenters. The number of carboxylic acids is 1. The third-order valence-corrected chi connectivity index (χ3v) is 4.01. The molecular weight excluding hydrogens is 348 g/mol. The molecule has 1 aliphatic rings. The van der Waals surface area contributed by atoms with Gasteiger partial charge in [0.25, 0.3) is 11.1 Å². The molecule has 20 heavy (non-hydrogen) atoms. The van der Waals surface area contributed by atoms with Crippen LogP contribution in [0.3, 0.4) is 0 Å². The van der Waals surface area contributed by atoms with Crippen molar-refractivity contribution in [3.05, 3.63) is 29.8 Å². The SMILES string of the molecule is O=C(O)c1ccccc1NC1SC(=O)N(CCBr)C1=O. The number of benzene rings is 1. The van der Waals surface area contributed by atoms with Crippen LogP contribution in [-0.4, -0.2) is 44.4 Å². The number of carbonyl (C=O) groups is 3. The van der Waals surface area contributed by atoms with Crippen molar-refractivity contribution < 1.29 is 19.5 Å². The van der Waals surface area contributed by atoms with Gasteiger partial charge in [0.05, 0.1) is 5.56 Å². The maximum atomic E-state index is 12.0. The Morgan fingerprint density at radius 2 is 2.10 bits per heavy atom. The standard InChI is InChI=1S/C12H11BrN2O4S/c13-5-6-15-10(16)9(20-12(15)19)14-8-4-2-1-3-7(8)11(17)18/h1-4,9,14H,5-6H2,(H,17,18). The Morgan fingerprint density at radius 3 is 2.75 bits per heavy atom. The van der Waals surface area contributed by atoms with Crippen LogP contribution in [0.25, 0.3) is 0 Å². The van der Waals surface area contributed by atoms with Crippen molar-refractivity contribution in [2.24, 2.45) is 0 Å². The molecule has 1 fully saturated rings. The number of alkyl halides is 1. The topological polar surface area (TPSA) is 86.7 Å². The summed E-state index contributed by atoms with van der Waals surface area (Å²) in [6, 6.07) is 6.26. The second-order valence-corrected chi connectivity index (χ2v) is 5.79. The number of carbonyl (C=O) groups excluding carboxylic acids is 2. The molecule has 0 aliphatic carbocycles. The lowest BCUT2D eigenvalue weighted by Gasteiger charge is -2.14. The smallest absolute Gasteiger partial charge is 0.337 e. The number of hydrogen-bond acceptors (Lipinski definition) is 5. The molecule has 8 heteroatoms. The minimum Gasteiger partial charge on any atom is -0.478 e. The summed E-state index contributed by atoms with van der Waals surface area (Å²) in [7, 11) is 0. The number of rotatable bonds is 5. The van der Waals surface area contributed by atoms with E-state index in [0.717, 1.165) is 16.7 Å². The second kappa shape index (κ2) is 6.27. The fourth-order valence-electron chi connectivity index (χ4n) is 1.76. The molecule has 0 saturated carbocycles. The monoisotopic (exact) mass is 358 g/mol. The first-order valence-electron chi connectivity index (χ1n) is 5.71. The van der Waals surface area contributed by atoms with Gasteiger partial charge in [-0.2, -0.15) is 0 Å². The molecule has 1 aromatic rings. The Morgan fingerprint density at radius 1 is 1.40 bits per heavy atom. The molecule has 1 aromatic carbocycles. The molecule has 0 radical (unpaired) electrons. The Bertz CT molecular complexity index is 566. The van der Waals surface area contributed by atoms with E-state index in [0.29, 0.717) is 17.6 Å². The third-order valence-electron chi connectivity index (χ3n) is 2.68. The Kier molecular flexibility index (Phi) is 4.66. The summed E-state index contributed by atoms with van der Waals surface area (Å²) < 4.78 is 0. The van der Waals surface area contributed by atoms with Crippen LogP contribution in [0.5, 0.6) is 0 Å². The lowest BCUT2D eigenvalue weighted by atomic mass is 10.2. The molecule has 106 valence electrons. The zero-order valence-corrected chi connectivity index (χ0v) is 12.6. The molecule has 1 heterocycles. The van der Waals surface area contributed by atoms with Crippen molar-refractivity contribution in [3.8, 4) is 0 Å². The number of imide groups is 1. The Balaban J connectivity index is 2.18. The summed E-state index contributed by atoms with van der Waals surface area (Å²) in [5.74, 6) is -1.45. The minimum absolute atomic E-state index is 0.0623. The van der Waals surface area contributed by atoms with Gasteiger partial charge in [-0.1, -0.05) is 28.1 Å². The number of amides is 2. The van der Waals surface area contributed by atoms with Crippen LogP contribution in [0.1, 0.15) is 10.4 Å². The molecule has 2 rings (SSSR count). The van der Waals surface area contributed by atoms with Gasteiger partial charge in [-0.15, -0.1) is 0 Å². The molecule has 0 spiro atoms. The summed E-state index contributed by atoms with van der Waals surface area (Å²) in [5, 5.41) is 11.3. The van der Waals surface area contributed by atoms with Gasteiger partial charge in [-0.25, -0.2) is 4.79 Å². The molecule has 1 unspecified atom stereocenters. The lowest BCUT2D eigenvalue weighted by Crippen LogP contribution is -2.35. The molecule has 0 bridgehead atoms. The maximum Gasteiger partial charge on any atom is 0.337 e. The fourth-order valence-corrected chi connectivity index (χ4v) is 3.04. The Labute approximate surface area is 127 Å². The maximum absolute atomic E-state index is 12.0. The summed E-state index contributed by atoms with van der Waals surface area (Å²) >= 11 is 4.03. The van der Waals surface area contributed by atoms with Gasteiger partial charge in [0, 0.05) is 17.6 Å². The number of carboxylic acid groups (broad SMARTS) is 1. The number of nitrogens with one attached hydrogen (secondary N) is 1. The zero-order chi connectivity index (χ0) is 14.7. The summed E-state index contributed by atoms with van der Waals surface area (Å²) in [6.07, 6.45) is 0. The van der Waals surface area contributed by atoms with Crippen molar-refractivity contribution in [2.75, 3.05) is 17.2 Å². The summed E-state index contributed by atoms with van der Waals surface area (Å²) in [6.45, 7) is 0.295. The molecule has 2 amide bonds. The van der Waals surface area contributed by atoms with Gasteiger partial charge >= 0.3 is 5.97 Å². The van der Waals surface area contributed by atoms with Crippen LogP contribution >= 0.6 is 27.7 Å². The highest BCUT2D eigenvalue weighted by Crippen LogP contribution is 2.29. The average Bonchev–Trinajstić information content (AvgIpc) is 2.67. The van der Waals surface area contributed by atoms with Crippen molar-refractivity contribution in [3.63, 3.8) is 0 Å². The van der Waals surface area contributed by atoms with Crippen LogP contribution < -0.4 is 5.32 Å². The van der Waals surface area contributed by atoms with E-state index in [-0.39, 0.29) is 16.7 Å². The van der Waals surface area contributed by atoms with E-state index in [1.807, 2.05) is 0 Å². The number of nitrogens with zero attached hydrogens (tertiary/aromatic N) is 1. The highest BCUT2D eigenvalue weighted by molar-refractivity contribution is 9.09. The zero-order valence-electron chi connectivity index (χ0n) is 10.2. The van der Waals surface area contributed by atoms with Crippen LogP contribution in [0.4, 0.5) is 10.5 Å². The van der Waals surface area contributed by atoms with E-state index in [9.17, 15) is 14.4 Å². The lowest BCUT2D eigenvalue weighted by molar-refractivity contribution is -0.126. The van der Waals surface area contributed by atoms with Crippen molar-refractivity contribution in [2.45, 2.75) is 5.37 Å². The predicted octanol–water partition coefficient (Wildman–Crippen LogP) is 2.21. The number of anilines is 1. The van der Waals surface area contributed by atoms with Crippen LogP contribution in [0, 0.1) is 0 Å². The van der Waals surface area contributed by atoms with E-state index in [2.05, 4.69) is 21.2 Å². The molecule has 1 saturated heterocycles. The minimum atomic E-state index is -1.09. The number of halogens is 1. The molecule has 1 aliphatic heterocycles. The van der Waals surface area contributed by atoms with Crippen molar-refractivity contribution in [1.82, 2.24) is 4.90 Å². The van der Waals surface area contributed by atoms with E-state index >= 15 is 0 Å². The van der Waals surface area contributed by atoms with Crippen LogP contribution in [-0.2, 0) is 4.79 Å². The van der Waals surface area contributed by atoms with Gasteiger partial charge in [-0.3, -0.25) is 14.5 Å². The van der Waals surface area contributed by atoms with E-state index in [1.165, 1.54) is 6.07 Å². The average molecular weight is 359 g/mol. The largest absolute Gasteiger partial charge is 0.478 e. The van der Waals surface area contributed by atoms with Gasteiger partial charge in [-0.05, 0) is 23.9 Å². The molecule has 0 aromatic heterocycles. The summed E-state index contributed by atoms with van der Waals surface area (Å²) in [4.78, 5) is 36.0. The first kappa shape index (κ1) is 14.9. The number of para-hydroxylation sites is 1. The van der Waals surface area contributed by atoms with Crippen molar-refractivity contribution >= 4 is 50.5 Å². The third kappa shape index (κ3) is 2.96. The number of hydrogen-bond donors (Lipinski definition) is 2. The van der Waals surface area contributed by atoms with Gasteiger partial charge in [0.2, 0.25) is 0 Å². The van der Waals surface area contributed by atoms with Gasteiger partial charge in [0.15, 0.2) is 5.37 Å². The second-order valence-electron chi connectivity index (χ2n) is 3.94. The highest BCUT2D eigenvalue weighted by Gasteiger charge is 2.39. The molecular formula is C12H11BrN2O4S. The quantitative estimate of drug-likeness (QED) is 0.784. The van der Waals surface area contributed by atoms with E-state index in [1.54, 1.807) is 18.2 Å². The van der Waals surface area contributed by atoms with E-state index in [4.69, 9.17) is 5.11 Å². The Hall–Kier alpha value is -1.54. The highest BCUT2D eigenvalue weighted by atomic mass is 79.9. The number of aromatic carboxylic acids is 1. The predicted molar refractivity (Wildman–Crippen MR) is 79.3 cm³/mol. The van der Waals surface area contributed by atoms with Crippen LogP contribution in [0.2, 0.25) is 0 Å². The van der Waals surface area contributed by atoms with Gasteiger partial charge < -0.3 is 10.4 Å².